The minimum absolute atomic E-state index is 0.0112. The molecule has 32 heavy (non-hydrogen) atoms. The Morgan fingerprint density at radius 3 is 2.44 bits per heavy atom. The van der Waals surface area contributed by atoms with Crippen LogP contribution in [0, 0.1) is 24.7 Å². The summed E-state index contributed by atoms with van der Waals surface area (Å²) in [5, 5.41) is 11.9. The molecule has 4 fully saturated rings. The number of benzene rings is 1. The number of hydrogen-bond acceptors (Lipinski definition) is 6. The van der Waals surface area contributed by atoms with Gasteiger partial charge in [-0.25, -0.2) is 13.4 Å². The average molecular weight is 509 g/mol. The van der Waals surface area contributed by atoms with Crippen molar-refractivity contribution >= 4 is 59.5 Å². The molecule has 7 rings (SSSR count). The van der Waals surface area contributed by atoms with Crippen LogP contribution in [0.5, 0.6) is 0 Å². The Bertz CT molecular complexity index is 1290. The van der Waals surface area contributed by atoms with Gasteiger partial charge in [0.05, 0.1) is 17.2 Å². The summed E-state index contributed by atoms with van der Waals surface area (Å²) < 4.78 is 30.5. The van der Waals surface area contributed by atoms with Crippen LogP contribution < -0.4 is 4.72 Å². The van der Waals surface area contributed by atoms with E-state index >= 15 is 0 Å². The van der Waals surface area contributed by atoms with Crippen LogP contribution in [0.1, 0.15) is 54.7 Å². The zero-order valence-electron chi connectivity index (χ0n) is 17.7. The van der Waals surface area contributed by atoms with Gasteiger partial charge in [-0.2, -0.15) is 0 Å². The van der Waals surface area contributed by atoms with E-state index in [0.717, 1.165) is 57.7 Å². The fourth-order valence-corrected chi connectivity index (χ4v) is 11.0. The molecule has 0 radical (unpaired) electrons. The minimum atomic E-state index is -3.79. The van der Waals surface area contributed by atoms with Gasteiger partial charge in [-0.05, 0) is 92.4 Å². The molecule has 0 atom stereocenters. The highest BCUT2D eigenvalue weighted by molar-refractivity contribution is 7.95. The summed E-state index contributed by atoms with van der Waals surface area (Å²) in [6.07, 6.45) is 7.35. The number of halogens is 1. The summed E-state index contributed by atoms with van der Waals surface area (Å²) in [4.78, 5) is 5.64. The molecule has 2 heterocycles. The number of aliphatic hydroxyl groups excluding tert-OH is 1. The first-order valence-corrected chi connectivity index (χ1v) is 14.6. The molecule has 4 aliphatic rings. The van der Waals surface area contributed by atoms with Crippen molar-refractivity contribution < 1.29 is 13.5 Å². The molecule has 2 aromatic heterocycles. The number of nitrogens with one attached hydrogen (secondary N) is 1. The third kappa shape index (κ3) is 3.33. The van der Waals surface area contributed by atoms with Crippen LogP contribution in [0.2, 0.25) is 5.02 Å². The van der Waals surface area contributed by atoms with Crippen molar-refractivity contribution in [3.05, 3.63) is 39.4 Å². The lowest BCUT2D eigenvalue weighted by atomic mass is 9.48. The maximum Gasteiger partial charge on any atom is 0.273 e. The molecule has 0 aliphatic heterocycles. The van der Waals surface area contributed by atoms with Crippen molar-refractivity contribution in [2.24, 2.45) is 17.8 Å². The summed E-state index contributed by atoms with van der Waals surface area (Å²) in [6, 6.07) is 5.43. The number of rotatable bonds is 5. The van der Waals surface area contributed by atoms with Crippen molar-refractivity contribution in [3.63, 3.8) is 0 Å². The molecule has 4 saturated carbocycles. The van der Waals surface area contributed by atoms with Crippen LogP contribution in [0.15, 0.2) is 22.4 Å². The molecule has 2 N–H and O–H groups in total. The van der Waals surface area contributed by atoms with E-state index in [4.69, 9.17) is 16.6 Å². The maximum atomic E-state index is 13.3. The van der Waals surface area contributed by atoms with Gasteiger partial charge in [-0.1, -0.05) is 22.9 Å². The SMILES string of the molecule is Cc1c(S(=O)(=O)Nc2nc(C34CC5CC(CC(C5)C3)C4)c(CO)s2)sc2ccc(Cl)cc12. The molecule has 0 amide bonds. The fourth-order valence-electron chi connectivity index (χ4n) is 6.91. The molecule has 1 aromatic carbocycles. The molecular weight excluding hydrogens is 484 g/mol. The lowest BCUT2D eigenvalue weighted by Crippen LogP contribution is -2.49. The van der Waals surface area contributed by atoms with E-state index in [0.29, 0.717) is 15.7 Å². The van der Waals surface area contributed by atoms with Gasteiger partial charge in [-0.3, -0.25) is 4.72 Å². The molecule has 0 saturated heterocycles. The normalized spacial score (nSPS) is 29.2. The van der Waals surface area contributed by atoms with E-state index in [9.17, 15) is 13.5 Å². The Morgan fingerprint density at radius 1 is 1.16 bits per heavy atom. The largest absolute Gasteiger partial charge is 0.391 e. The lowest BCUT2D eigenvalue weighted by molar-refractivity contribution is -0.00768. The smallest absolute Gasteiger partial charge is 0.273 e. The molecule has 0 spiro atoms. The Balaban J connectivity index is 1.36. The van der Waals surface area contributed by atoms with E-state index in [1.54, 1.807) is 12.1 Å². The molecular formula is C23H25ClN2O3S3. The van der Waals surface area contributed by atoms with Gasteiger partial charge in [0.2, 0.25) is 0 Å². The topological polar surface area (TPSA) is 79.3 Å². The van der Waals surface area contributed by atoms with E-state index in [1.807, 2.05) is 13.0 Å². The van der Waals surface area contributed by atoms with Crippen molar-refractivity contribution in [1.82, 2.24) is 4.98 Å². The van der Waals surface area contributed by atoms with Crippen molar-refractivity contribution in [2.45, 2.75) is 61.7 Å². The third-order valence-electron chi connectivity index (χ3n) is 7.70. The van der Waals surface area contributed by atoms with Crippen LogP contribution in [0.4, 0.5) is 5.13 Å². The third-order valence-corrected chi connectivity index (χ3v) is 12.3. The first kappa shape index (κ1) is 21.4. The number of fused-ring (bicyclic) bond motifs is 1. The highest BCUT2D eigenvalue weighted by Crippen LogP contribution is 2.61. The van der Waals surface area contributed by atoms with E-state index in [1.165, 1.54) is 41.9 Å². The van der Waals surface area contributed by atoms with Crippen LogP contribution in [0.3, 0.4) is 0 Å². The number of aliphatic hydroxyl groups is 1. The Morgan fingerprint density at radius 2 is 1.81 bits per heavy atom. The molecule has 9 heteroatoms. The van der Waals surface area contributed by atoms with Crippen LogP contribution in [-0.4, -0.2) is 18.5 Å². The van der Waals surface area contributed by atoms with E-state index in [2.05, 4.69) is 4.72 Å². The van der Waals surface area contributed by atoms with Gasteiger partial charge in [0.15, 0.2) is 5.13 Å². The average Bonchev–Trinajstić information content (AvgIpc) is 3.28. The molecule has 3 aromatic rings. The zero-order chi connectivity index (χ0) is 22.3. The maximum absolute atomic E-state index is 13.3. The van der Waals surface area contributed by atoms with Crippen LogP contribution in [0.25, 0.3) is 10.1 Å². The molecule has 4 aliphatic carbocycles. The number of sulfonamides is 1. The van der Waals surface area contributed by atoms with Gasteiger partial charge in [0, 0.05) is 15.1 Å². The van der Waals surface area contributed by atoms with Gasteiger partial charge < -0.3 is 5.11 Å². The van der Waals surface area contributed by atoms with Gasteiger partial charge in [0.1, 0.15) is 4.21 Å². The highest BCUT2D eigenvalue weighted by atomic mass is 35.5. The Labute approximate surface area is 200 Å². The lowest BCUT2D eigenvalue weighted by Gasteiger charge is -2.56. The molecule has 4 bridgehead atoms. The first-order chi connectivity index (χ1) is 15.3. The first-order valence-electron chi connectivity index (χ1n) is 11.1. The zero-order valence-corrected chi connectivity index (χ0v) is 20.9. The number of hydrogen-bond donors (Lipinski definition) is 2. The molecule has 5 nitrogen and oxygen atoms in total. The number of nitrogens with zero attached hydrogens (tertiary/aromatic N) is 1. The molecule has 170 valence electrons. The quantitative estimate of drug-likeness (QED) is 0.437. The number of aryl methyl sites for hydroxylation is 1. The fraction of sp³-hybridized carbons (Fsp3) is 0.522. The van der Waals surface area contributed by atoms with Crippen molar-refractivity contribution in [1.29, 1.82) is 0 Å². The predicted octanol–water partition coefficient (Wildman–Crippen LogP) is 6.08. The summed E-state index contributed by atoms with van der Waals surface area (Å²) in [7, 11) is -3.79. The molecule has 0 unspecified atom stereocenters. The second kappa shape index (κ2) is 7.40. The second-order valence-corrected chi connectivity index (χ2v) is 14.4. The second-order valence-electron chi connectivity index (χ2n) is 9.91. The van der Waals surface area contributed by atoms with Crippen molar-refractivity contribution in [3.8, 4) is 0 Å². The van der Waals surface area contributed by atoms with Gasteiger partial charge in [-0.15, -0.1) is 11.3 Å². The summed E-state index contributed by atoms with van der Waals surface area (Å²) in [5.74, 6) is 2.26. The highest BCUT2D eigenvalue weighted by Gasteiger charge is 2.53. The minimum Gasteiger partial charge on any atom is -0.391 e. The Hall–Kier alpha value is -1.19. The Kier molecular flexibility index (Phi) is 4.94. The monoisotopic (exact) mass is 508 g/mol. The van der Waals surface area contributed by atoms with Crippen LogP contribution >= 0.6 is 34.3 Å². The van der Waals surface area contributed by atoms with Crippen LogP contribution in [-0.2, 0) is 22.0 Å². The van der Waals surface area contributed by atoms with Crippen molar-refractivity contribution in [2.75, 3.05) is 4.72 Å². The number of thiophene rings is 1. The number of anilines is 1. The summed E-state index contributed by atoms with van der Waals surface area (Å²) in [5.41, 5.74) is 1.65. The van der Waals surface area contributed by atoms with Gasteiger partial charge in [0.25, 0.3) is 10.0 Å². The van der Waals surface area contributed by atoms with E-state index in [-0.39, 0.29) is 16.2 Å². The summed E-state index contributed by atoms with van der Waals surface area (Å²) >= 11 is 8.64. The van der Waals surface area contributed by atoms with Gasteiger partial charge >= 0.3 is 0 Å². The predicted molar refractivity (Wildman–Crippen MR) is 130 cm³/mol. The number of aromatic nitrogens is 1. The number of thiazole rings is 1. The summed E-state index contributed by atoms with van der Waals surface area (Å²) in [6.45, 7) is 1.71. The van der Waals surface area contributed by atoms with E-state index < -0.39 is 10.0 Å². The standard InChI is InChI=1S/C23H25ClN2O3S3/c1-12-17-7-16(24)2-3-18(17)30-21(12)32(28,29)26-22-25-20(19(11-27)31-22)23-8-13-4-14(9-23)6-15(5-13)10-23/h2-3,7,13-15,27H,4-6,8-11H2,1H3,(H,25,26).